The SMILES string of the molecule is CC1=C(C(=S)OC(c2ccccc2)c2ccccc2)N2C(=O)C(NC(=O)C(=NOCC(=O)OC(C)(C)C)c3nc(N)sc3Cl)[C@H]2SC1. The zero-order chi connectivity index (χ0) is 33.9. The van der Waals surface area contributed by atoms with Crippen LogP contribution in [0.15, 0.2) is 77.1 Å². The number of thioether (sulfide) groups is 1. The molecule has 2 amide bonds. The van der Waals surface area contributed by atoms with E-state index in [1.807, 2.05) is 67.6 Å². The predicted molar refractivity (Wildman–Crippen MR) is 186 cm³/mol. The normalized spacial score (nSPS) is 18.0. The Morgan fingerprint density at radius 2 is 1.77 bits per heavy atom. The highest BCUT2D eigenvalue weighted by Crippen LogP contribution is 2.42. The molecule has 1 unspecified atom stereocenters. The molecule has 0 aliphatic carbocycles. The number of esters is 1. The van der Waals surface area contributed by atoms with Crippen molar-refractivity contribution in [1.82, 2.24) is 15.2 Å². The van der Waals surface area contributed by atoms with Crippen LogP contribution in [0.1, 0.15) is 50.6 Å². The maximum atomic E-state index is 13.6. The fourth-order valence-corrected chi connectivity index (χ4v) is 7.48. The van der Waals surface area contributed by atoms with E-state index in [0.717, 1.165) is 28.0 Å². The number of nitrogens with zero attached hydrogens (tertiary/aromatic N) is 3. The van der Waals surface area contributed by atoms with Crippen LogP contribution in [-0.4, -0.2) is 67.8 Å². The van der Waals surface area contributed by atoms with Gasteiger partial charge in [0.15, 0.2) is 10.8 Å². The molecule has 15 heteroatoms. The molecule has 5 rings (SSSR count). The van der Waals surface area contributed by atoms with Crippen LogP contribution in [0.25, 0.3) is 0 Å². The molecule has 1 aromatic heterocycles. The van der Waals surface area contributed by atoms with Gasteiger partial charge in [0.1, 0.15) is 33.2 Å². The van der Waals surface area contributed by atoms with Gasteiger partial charge in [0, 0.05) is 5.75 Å². The summed E-state index contributed by atoms with van der Waals surface area (Å²) in [6.45, 7) is 6.45. The van der Waals surface area contributed by atoms with Crippen molar-refractivity contribution < 1.29 is 28.7 Å². The van der Waals surface area contributed by atoms with Crippen molar-refractivity contribution in [3.63, 3.8) is 0 Å². The number of aromatic nitrogens is 1. The molecule has 0 spiro atoms. The number of anilines is 1. The Kier molecular flexibility index (Phi) is 10.5. The first kappa shape index (κ1) is 34.4. The van der Waals surface area contributed by atoms with Crippen LogP contribution >= 0.6 is 46.9 Å². The minimum atomic E-state index is -0.928. The second kappa shape index (κ2) is 14.4. The maximum absolute atomic E-state index is 13.6. The van der Waals surface area contributed by atoms with Crippen LogP contribution in [-0.2, 0) is 28.7 Å². The average Bonchev–Trinajstić information content (AvgIpc) is 3.37. The number of nitrogens with one attached hydrogen (secondary N) is 1. The van der Waals surface area contributed by atoms with E-state index in [1.54, 1.807) is 25.7 Å². The second-order valence-electron chi connectivity index (χ2n) is 11.6. The number of thiocarbonyl (C=S) groups is 1. The Morgan fingerprint density at radius 1 is 1.15 bits per heavy atom. The van der Waals surface area contributed by atoms with Crippen LogP contribution in [0, 0.1) is 0 Å². The lowest BCUT2D eigenvalue weighted by molar-refractivity contribution is -0.160. The minimum Gasteiger partial charge on any atom is -0.469 e. The molecule has 2 aliphatic rings. The van der Waals surface area contributed by atoms with Crippen molar-refractivity contribution in [2.24, 2.45) is 5.16 Å². The van der Waals surface area contributed by atoms with Gasteiger partial charge in [0.05, 0.1) is 5.70 Å². The lowest BCUT2D eigenvalue weighted by atomic mass is 10.0. The molecule has 0 radical (unpaired) electrons. The lowest BCUT2D eigenvalue weighted by Gasteiger charge is -2.50. The first-order chi connectivity index (χ1) is 22.3. The summed E-state index contributed by atoms with van der Waals surface area (Å²) in [6, 6.07) is 18.5. The first-order valence-electron chi connectivity index (χ1n) is 14.4. The van der Waals surface area contributed by atoms with E-state index < -0.39 is 41.6 Å². The third-order valence-electron chi connectivity index (χ3n) is 6.87. The Balaban J connectivity index is 1.33. The molecule has 47 heavy (non-hydrogen) atoms. The summed E-state index contributed by atoms with van der Waals surface area (Å²) in [7, 11) is 0. The number of thiazole rings is 1. The van der Waals surface area contributed by atoms with Crippen molar-refractivity contribution in [1.29, 1.82) is 0 Å². The van der Waals surface area contributed by atoms with E-state index in [1.165, 1.54) is 11.8 Å². The number of halogens is 1. The monoisotopic (exact) mass is 713 g/mol. The van der Waals surface area contributed by atoms with Crippen LogP contribution in [0.2, 0.25) is 4.34 Å². The van der Waals surface area contributed by atoms with Gasteiger partial charge in [-0.05, 0) is 56.6 Å². The van der Waals surface area contributed by atoms with E-state index in [0.29, 0.717) is 11.4 Å². The summed E-state index contributed by atoms with van der Waals surface area (Å²) >= 11 is 14.5. The van der Waals surface area contributed by atoms with E-state index in [-0.39, 0.29) is 31.8 Å². The number of benzene rings is 2. The quantitative estimate of drug-likeness (QED) is 0.0940. The van der Waals surface area contributed by atoms with E-state index in [9.17, 15) is 14.4 Å². The summed E-state index contributed by atoms with van der Waals surface area (Å²) < 4.78 is 11.7. The largest absolute Gasteiger partial charge is 0.469 e. The molecule has 1 saturated heterocycles. The van der Waals surface area contributed by atoms with Gasteiger partial charge in [-0.15, -0.1) is 11.8 Å². The smallest absolute Gasteiger partial charge is 0.347 e. The first-order valence-corrected chi connectivity index (χ1v) is 17.1. The Hall–Kier alpha value is -3.98. The van der Waals surface area contributed by atoms with Crippen molar-refractivity contribution in [3.05, 3.63) is 93.1 Å². The number of rotatable bonds is 10. The third kappa shape index (κ3) is 7.95. The number of fused-ring (bicyclic) bond motifs is 1. The third-order valence-corrected chi connectivity index (χ3v) is 9.67. The molecule has 0 saturated carbocycles. The fraction of sp³-hybridized carbons (Fsp3) is 0.312. The molecule has 2 aliphatic heterocycles. The average molecular weight is 714 g/mol. The summed E-state index contributed by atoms with van der Waals surface area (Å²) in [4.78, 5) is 50.1. The van der Waals surface area contributed by atoms with Crippen molar-refractivity contribution in [2.75, 3.05) is 18.1 Å². The molecular formula is C32H32ClN5O6S3. The van der Waals surface area contributed by atoms with Gasteiger partial charge in [-0.3, -0.25) is 14.5 Å². The second-order valence-corrected chi connectivity index (χ2v) is 14.7. The van der Waals surface area contributed by atoms with Gasteiger partial charge >= 0.3 is 5.97 Å². The highest BCUT2D eigenvalue weighted by Gasteiger charge is 2.53. The summed E-state index contributed by atoms with van der Waals surface area (Å²) in [6.07, 6.45) is -0.500. The molecule has 1 fully saturated rings. The molecule has 2 aromatic carbocycles. The molecule has 0 bridgehead atoms. The van der Waals surface area contributed by atoms with E-state index in [4.69, 9.17) is 43.9 Å². The number of carbonyl (C=O) groups excluding carboxylic acids is 3. The van der Waals surface area contributed by atoms with Gasteiger partial charge in [-0.2, -0.15) is 0 Å². The molecule has 3 N–H and O–H groups in total. The highest BCUT2D eigenvalue weighted by molar-refractivity contribution is 8.00. The molecule has 11 nitrogen and oxygen atoms in total. The zero-order valence-corrected chi connectivity index (χ0v) is 29.1. The Bertz CT molecular complexity index is 1700. The standard InChI is InChI=1S/C32H32ClN5O6S3/c1-17-16-46-29-23(35-27(40)22(21-26(33)47-31(34)36-21)37-42-15-20(39)44-32(2,3)4)28(41)38(29)24(17)30(45)43-25(18-11-7-5-8-12-18)19-13-9-6-10-14-19/h5-14,23,25,29H,15-16H2,1-4H3,(H2,34,36)(H,35,40)/t23?,29-/m1/s1. The zero-order valence-electron chi connectivity index (χ0n) is 25.9. The van der Waals surface area contributed by atoms with Crippen molar-refractivity contribution in [2.45, 2.75) is 50.8 Å². The van der Waals surface area contributed by atoms with Crippen molar-refractivity contribution >= 4 is 80.6 Å². The topological polar surface area (TPSA) is 145 Å². The molecule has 3 aromatic rings. The van der Waals surface area contributed by atoms with Gasteiger partial charge < -0.3 is 25.4 Å². The van der Waals surface area contributed by atoms with Gasteiger partial charge in [0.25, 0.3) is 11.8 Å². The van der Waals surface area contributed by atoms with Crippen LogP contribution in [0.5, 0.6) is 0 Å². The summed E-state index contributed by atoms with van der Waals surface area (Å²) in [5, 5.41) is 6.37. The highest BCUT2D eigenvalue weighted by atomic mass is 35.5. The van der Waals surface area contributed by atoms with Crippen LogP contribution in [0.4, 0.5) is 5.13 Å². The number of ether oxygens (including phenoxy) is 2. The number of β-lactam (4-membered cyclic amide) rings is 1. The Morgan fingerprint density at radius 3 is 2.32 bits per heavy atom. The minimum absolute atomic E-state index is 0.0466. The molecular weight excluding hydrogens is 682 g/mol. The molecule has 246 valence electrons. The van der Waals surface area contributed by atoms with Gasteiger partial charge in [-0.25, -0.2) is 9.78 Å². The summed E-state index contributed by atoms with van der Waals surface area (Å²) in [5.41, 5.74) is 7.85. The number of carbonyl (C=O) groups is 3. The number of nitrogens with two attached hydrogens (primary N) is 1. The maximum Gasteiger partial charge on any atom is 0.347 e. The van der Waals surface area contributed by atoms with Gasteiger partial charge in [0.2, 0.25) is 11.7 Å². The fourth-order valence-electron chi connectivity index (χ4n) is 4.89. The van der Waals surface area contributed by atoms with Crippen LogP contribution in [0.3, 0.4) is 0 Å². The molecule has 2 atom stereocenters. The van der Waals surface area contributed by atoms with E-state index in [2.05, 4.69) is 15.5 Å². The summed E-state index contributed by atoms with van der Waals surface area (Å²) in [5.74, 6) is -1.32. The number of amides is 2. The van der Waals surface area contributed by atoms with Crippen LogP contribution < -0.4 is 11.1 Å². The van der Waals surface area contributed by atoms with E-state index >= 15 is 0 Å². The number of oxime groups is 1. The Labute approximate surface area is 290 Å². The predicted octanol–water partition coefficient (Wildman–Crippen LogP) is 5.25. The number of nitrogen functional groups attached to an aromatic ring is 1. The van der Waals surface area contributed by atoms with Gasteiger partial charge in [-0.1, -0.05) is 88.8 Å². The number of hydrogen-bond acceptors (Lipinski definition) is 12. The number of hydrogen-bond donors (Lipinski definition) is 2. The molecule has 3 heterocycles. The van der Waals surface area contributed by atoms with Crippen molar-refractivity contribution in [3.8, 4) is 0 Å². The lowest BCUT2D eigenvalue weighted by Crippen LogP contribution is -2.71.